The Morgan fingerprint density at radius 3 is 1.51 bits per heavy atom. The van der Waals surface area contributed by atoms with Crippen LogP contribution in [0, 0.1) is 0 Å². The Morgan fingerprint density at radius 2 is 0.957 bits per heavy atom. The Balaban J connectivity index is 1.81. The van der Waals surface area contributed by atoms with Gasteiger partial charge in [-0.05, 0) is 51.4 Å². The maximum Gasteiger partial charge on any atom is 0.330 e. The van der Waals surface area contributed by atoms with Crippen LogP contribution in [-0.4, -0.2) is 142 Å². The topological polar surface area (TPSA) is 231 Å². The molecular formula is C55H96O15. The minimum absolute atomic E-state index is 0.140. The van der Waals surface area contributed by atoms with Crippen molar-refractivity contribution >= 4 is 11.9 Å². The summed E-state index contributed by atoms with van der Waals surface area (Å²) in [5.74, 6) is -1.18. The van der Waals surface area contributed by atoms with Crippen LogP contribution in [-0.2, 0) is 38.0 Å². The van der Waals surface area contributed by atoms with Gasteiger partial charge >= 0.3 is 11.9 Å². The normalized spacial score (nSPS) is 25.7. The first-order valence-corrected chi connectivity index (χ1v) is 27.3. The lowest BCUT2D eigenvalue weighted by Gasteiger charge is -2.42. The van der Waals surface area contributed by atoms with E-state index >= 15 is 0 Å². The number of rotatable bonds is 42. The van der Waals surface area contributed by atoms with Crippen molar-refractivity contribution in [2.24, 2.45) is 0 Å². The monoisotopic (exact) mass is 997 g/mol. The predicted molar refractivity (Wildman–Crippen MR) is 270 cm³/mol. The van der Waals surface area contributed by atoms with Crippen molar-refractivity contribution in [2.75, 3.05) is 26.4 Å². The third-order valence-electron chi connectivity index (χ3n) is 12.9. The van der Waals surface area contributed by atoms with E-state index in [0.717, 1.165) is 51.4 Å². The lowest BCUT2D eigenvalue weighted by molar-refractivity contribution is -0.332. The zero-order valence-corrected chi connectivity index (χ0v) is 43.0. The first-order valence-electron chi connectivity index (χ1n) is 27.3. The average Bonchev–Trinajstić information content (AvgIpc) is 3.35. The fraction of sp³-hybridized carbons (Fsp3) is 0.818. The molecule has 0 spiro atoms. The van der Waals surface area contributed by atoms with Gasteiger partial charge in [-0.15, -0.1) is 0 Å². The van der Waals surface area contributed by atoms with Crippen molar-refractivity contribution < 1.29 is 73.8 Å². The molecule has 2 aliphatic rings. The highest BCUT2D eigenvalue weighted by Crippen LogP contribution is 2.26. The molecule has 7 N–H and O–H groups in total. The van der Waals surface area contributed by atoms with Crippen LogP contribution in [0.3, 0.4) is 0 Å². The fourth-order valence-corrected chi connectivity index (χ4v) is 8.40. The molecule has 2 fully saturated rings. The molecule has 0 bridgehead atoms. The number of carbonyl (C=O) groups is 2. The summed E-state index contributed by atoms with van der Waals surface area (Å²) in [7, 11) is 0. The molecule has 0 aliphatic carbocycles. The first-order chi connectivity index (χ1) is 34.0. The number of allylic oxidation sites excluding steroid dienone is 7. The molecule has 0 aromatic rings. The molecule has 70 heavy (non-hydrogen) atoms. The lowest BCUT2D eigenvalue weighted by atomic mass is 9.98. The van der Waals surface area contributed by atoms with Crippen LogP contribution < -0.4 is 0 Å². The van der Waals surface area contributed by atoms with Crippen molar-refractivity contribution in [1.82, 2.24) is 0 Å². The van der Waals surface area contributed by atoms with Crippen LogP contribution in [0.5, 0.6) is 0 Å². The molecule has 0 aromatic carbocycles. The molecule has 2 rings (SSSR count). The second-order valence-corrected chi connectivity index (χ2v) is 19.1. The standard InChI is InChI=1S/C55H96O15/c1-3-5-7-9-11-13-15-17-19-20-21-22-24-26-28-30-32-34-36-38-47(58)68-43(40-65-46(57)37-35-33-31-29-27-25-23-18-16-14-12-10-8-6-4-2)41-66-54-53(64)51(62)49(60)45(70-54)42-67-55-52(63)50(61)48(59)44(39-56)69-55/h11,13,17,19,31,33,35,37,43-45,48-56,59-64H,3-10,12,14-16,18,20-30,32,34,36,38-42H2,1-2H3/b13-11+,19-17+,33-31+,37-35+/t43-,44+,45+,48-,49-,50?,51?,52?,53?,54+,55+/m1/s1. The van der Waals surface area contributed by atoms with E-state index in [1.165, 1.54) is 122 Å². The number of hydrogen-bond acceptors (Lipinski definition) is 15. The molecule has 0 radical (unpaired) electrons. The Bertz CT molecular complexity index is 1400. The van der Waals surface area contributed by atoms with E-state index in [2.05, 4.69) is 38.2 Å². The summed E-state index contributed by atoms with van der Waals surface area (Å²) in [6.07, 6.45) is 30.5. The fourth-order valence-electron chi connectivity index (χ4n) is 8.40. The third kappa shape index (κ3) is 29.2. The zero-order chi connectivity index (χ0) is 51.0. The van der Waals surface area contributed by atoms with Crippen molar-refractivity contribution in [1.29, 1.82) is 0 Å². The molecule has 15 heteroatoms. The minimum atomic E-state index is -1.78. The molecule has 0 aromatic heterocycles. The number of unbranched alkanes of at least 4 members (excludes halogenated alkanes) is 23. The Morgan fingerprint density at radius 1 is 0.500 bits per heavy atom. The van der Waals surface area contributed by atoms with E-state index in [4.69, 9.17) is 28.4 Å². The summed E-state index contributed by atoms with van der Waals surface area (Å²) in [5, 5.41) is 72.1. The van der Waals surface area contributed by atoms with Crippen LogP contribution in [0.15, 0.2) is 48.6 Å². The number of ether oxygens (including phenoxy) is 6. The molecule has 0 saturated carbocycles. The van der Waals surface area contributed by atoms with Gasteiger partial charge in [0.1, 0.15) is 55.4 Å². The van der Waals surface area contributed by atoms with Gasteiger partial charge in [-0.3, -0.25) is 4.79 Å². The minimum Gasteiger partial charge on any atom is -0.458 e. The van der Waals surface area contributed by atoms with Gasteiger partial charge in [-0.2, -0.15) is 0 Å². The number of hydrogen-bond donors (Lipinski definition) is 7. The number of carbonyl (C=O) groups excluding carboxylic acids is 2. The highest BCUT2D eigenvalue weighted by Gasteiger charge is 2.47. The summed E-state index contributed by atoms with van der Waals surface area (Å²) in [6, 6.07) is 0. The van der Waals surface area contributed by atoms with Gasteiger partial charge in [-0.25, -0.2) is 4.79 Å². The second-order valence-electron chi connectivity index (χ2n) is 19.1. The number of esters is 2. The Hall–Kier alpha value is -2.54. The van der Waals surface area contributed by atoms with Gasteiger partial charge in [0.05, 0.1) is 19.8 Å². The molecule has 2 saturated heterocycles. The summed E-state index contributed by atoms with van der Waals surface area (Å²) >= 11 is 0. The van der Waals surface area contributed by atoms with Crippen LogP contribution >= 0.6 is 0 Å². The van der Waals surface area contributed by atoms with Crippen LogP contribution in [0.25, 0.3) is 0 Å². The highest BCUT2D eigenvalue weighted by molar-refractivity contribution is 5.82. The van der Waals surface area contributed by atoms with Gasteiger partial charge in [0, 0.05) is 12.5 Å². The smallest absolute Gasteiger partial charge is 0.330 e. The maximum atomic E-state index is 13.0. The van der Waals surface area contributed by atoms with Crippen molar-refractivity contribution in [3.63, 3.8) is 0 Å². The molecule has 11 atom stereocenters. The zero-order valence-electron chi connectivity index (χ0n) is 43.0. The van der Waals surface area contributed by atoms with E-state index in [0.29, 0.717) is 6.42 Å². The van der Waals surface area contributed by atoms with Gasteiger partial charge in [0.2, 0.25) is 0 Å². The van der Waals surface area contributed by atoms with Crippen molar-refractivity contribution in [3.05, 3.63) is 48.6 Å². The Kier molecular flexibility index (Phi) is 38.0. The van der Waals surface area contributed by atoms with Gasteiger partial charge < -0.3 is 64.2 Å². The number of aliphatic hydroxyl groups is 7. The second kappa shape index (κ2) is 41.9. The molecule has 2 aliphatic heterocycles. The average molecular weight is 997 g/mol. The van der Waals surface area contributed by atoms with Gasteiger partial charge in [-0.1, -0.05) is 178 Å². The van der Waals surface area contributed by atoms with E-state index in [1.54, 1.807) is 12.2 Å². The van der Waals surface area contributed by atoms with Crippen molar-refractivity contribution in [2.45, 2.75) is 261 Å². The quantitative estimate of drug-likeness (QED) is 0.0100. The van der Waals surface area contributed by atoms with Crippen LogP contribution in [0.2, 0.25) is 0 Å². The molecule has 15 nitrogen and oxygen atoms in total. The highest BCUT2D eigenvalue weighted by atomic mass is 16.7. The predicted octanol–water partition coefficient (Wildman–Crippen LogP) is 8.27. The SMILES string of the molecule is CCCCC/C=C/C/C=C/CCCCCCCCCCCC(=O)O[C@H](COC(=O)/C=C/C=C/CCCCCCCCCCCCC)CO[C@H]1O[C@@H](CO[C@H]2O[C@@H](CO)[C@@H](O)C(O)C2O)[C@@H](O)C(O)C1O. The van der Waals surface area contributed by atoms with Crippen molar-refractivity contribution in [3.8, 4) is 0 Å². The van der Waals surface area contributed by atoms with Crippen LogP contribution in [0.1, 0.15) is 194 Å². The van der Waals surface area contributed by atoms with E-state index in [1.807, 2.05) is 6.08 Å². The third-order valence-corrected chi connectivity index (χ3v) is 12.9. The van der Waals surface area contributed by atoms with E-state index in [-0.39, 0.29) is 13.0 Å². The van der Waals surface area contributed by atoms with Crippen LogP contribution in [0.4, 0.5) is 0 Å². The summed E-state index contributed by atoms with van der Waals surface area (Å²) in [6.45, 7) is 2.45. The Labute approximate surface area is 420 Å². The van der Waals surface area contributed by atoms with Gasteiger partial charge in [0.25, 0.3) is 0 Å². The lowest BCUT2D eigenvalue weighted by Crippen LogP contribution is -2.61. The largest absolute Gasteiger partial charge is 0.458 e. The molecule has 4 unspecified atom stereocenters. The molecule has 0 amide bonds. The summed E-state index contributed by atoms with van der Waals surface area (Å²) < 4.78 is 33.4. The summed E-state index contributed by atoms with van der Waals surface area (Å²) in [5.41, 5.74) is 0. The molecule has 2 heterocycles. The maximum absolute atomic E-state index is 13.0. The molecular weight excluding hydrogens is 901 g/mol. The van der Waals surface area contributed by atoms with Gasteiger partial charge in [0.15, 0.2) is 18.7 Å². The molecule has 406 valence electrons. The number of aliphatic hydroxyl groups excluding tert-OH is 7. The van der Waals surface area contributed by atoms with E-state index in [9.17, 15) is 45.3 Å². The summed E-state index contributed by atoms with van der Waals surface area (Å²) in [4.78, 5) is 25.7. The van der Waals surface area contributed by atoms with E-state index < -0.39 is 99.3 Å². The first kappa shape index (κ1) is 63.6.